The first-order valence-electron chi connectivity index (χ1n) is 11.8. The largest absolute Gasteiger partial charge is 0.446 e. The van der Waals surface area contributed by atoms with Gasteiger partial charge in [0, 0.05) is 23.3 Å². The molecule has 4 aliphatic carbocycles. The molecule has 166 valence electrons. The van der Waals surface area contributed by atoms with E-state index in [1.54, 1.807) is 0 Å². The lowest BCUT2D eigenvalue weighted by molar-refractivity contribution is 0.0901. The van der Waals surface area contributed by atoms with Crippen LogP contribution in [0, 0.1) is 35.5 Å². The molecular weight excluding hydrogens is 392 g/mol. The molecule has 7 nitrogen and oxygen atoms in total. The molecule has 4 fully saturated rings. The number of carbonyl (C=O) groups is 2. The van der Waals surface area contributed by atoms with E-state index < -0.39 is 11.8 Å². The van der Waals surface area contributed by atoms with Gasteiger partial charge in [0.1, 0.15) is 0 Å². The van der Waals surface area contributed by atoms with Crippen molar-refractivity contribution in [2.45, 2.75) is 65.2 Å². The van der Waals surface area contributed by atoms with Gasteiger partial charge in [-0.05, 0) is 88.2 Å². The van der Waals surface area contributed by atoms with Gasteiger partial charge in [0.2, 0.25) is 0 Å². The van der Waals surface area contributed by atoms with E-state index in [2.05, 4.69) is 21.1 Å². The molecule has 1 heterocycles. The van der Waals surface area contributed by atoms with Crippen LogP contribution in [0.1, 0.15) is 86.3 Å². The molecule has 0 aliphatic heterocycles. The summed E-state index contributed by atoms with van der Waals surface area (Å²) >= 11 is 0. The monoisotopic (exact) mass is 424 g/mol. The van der Waals surface area contributed by atoms with E-state index >= 15 is 0 Å². The van der Waals surface area contributed by atoms with Crippen molar-refractivity contribution in [2.75, 3.05) is 0 Å². The van der Waals surface area contributed by atoms with Gasteiger partial charge < -0.3 is 4.42 Å². The molecule has 0 saturated heterocycles. The van der Waals surface area contributed by atoms with E-state index in [0.29, 0.717) is 23.7 Å². The molecule has 1 aromatic rings. The molecule has 7 heteroatoms. The van der Waals surface area contributed by atoms with Gasteiger partial charge in [0.05, 0.1) is 0 Å². The molecule has 4 bridgehead atoms. The average Bonchev–Trinajstić information content (AvgIpc) is 3.60. The lowest BCUT2D eigenvalue weighted by atomic mass is 9.86. The van der Waals surface area contributed by atoms with Crippen LogP contribution in [0.5, 0.6) is 0 Å². The molecule has 4 aliphatic rings. The van der Waals surface area contributed by atoms with E-state index in [1.807, 2.05) is 13.8 Å². The molecule has 0 spiro atoms. The Morgan fingerprint density at radius 2 is 1.23 bits per heavy atom. The Balaban J connectivity index is 1.15. The van der Waals surface area contributed by atoms with Crippen molar-refractivity contribution in [2.24, 2.45) is 45.7 Å². The summed E-state index contributed by atoms with van der Waals surface area (Å²) in [6, 6.07) is 3.00. The van der Waals surface area contributed by atoms with Gasteiger partial charge in [-0.15, -0.1) is 0 Å². The molecule has 0 radical (unpaired) electrons. The van der Waals surface area contributed by atoms with Gasteiger partial charge in [-0.1, -0.05) is 12.8 Å². The third-order valence-electron chi connectivity index (χ3n) is 8.27. The standard InChI is InChI=1S/C24H32N4O3/c1-13(19-11-15-3-5-17(19)9-15)25-27-23(29)21-7-8-22(31-21)24(30)28-26-14(2)20-12-16-4-6-18(20)10-16/h7-8,15-20H,3-6,9-12H2,1-2H3,(H,27,29)(H,28,30)/b25-13+,26-14+. The van der Waals surface area contributed by atoms with Crippen LogP contribution >= 0.6 is 0 Å². The first-order valence-corrected chi connectivity index (χ1v) is 11.8. The Labute approximate surface area is 183 Å². The van der Waals surface area contributed by atoms with E-state index in [0.717, 1.165) is 23.3 Å². The maximum Gasteiger partial charge on any atom is 0.307 e. The van der Waals surface area contributed by atoms with Crippen molar-refractivity contribution in [3.63, 3.8) is 0 Å². The van der Waals surface area contributed by atoms with E-state index in [1.165, 1.54) is 63.5 Å². The number of nitrogens with zero attached hydrogens (tertiary/aromatic N) is 2. The van der Waals surface area contributed by atoms with Gasteiger partial charge in [-0.25, -0.2) is 10.9 Å². The lowest BCUT2D eigenvalue weighted by Crippen LogP contribution is -2.25. The third-order valence-corrected chi connectivity index (χ3v) is 8.27. The fourth-order valence-electron chi connectivity index (χ4n) is 6.65. The molecule has 5 rings (SSSR count). The van der Waals surface area contributed by atoms with Crippen molar-refractivity contribution in [3.05, 3.63) is 23.7 Å². The lowest BCUT2D eigenvalue weighted by Gasteiger charge is -2.21. The van der Waals surface area contributed by atoms with Crippen LogP contribution in [0.3, 0.4) is 0 Å². The Bertz CT molecular complexity index is 861. The number of hydrazone groups is 2. The fourth-order valence-corrected chi connectivity index (χ4v) is 6.65. The maximum absolute atomic E-state index is 12.4. The normalized spacial score (nSPS) is 34.4. The third kappa shape index (κ3) is 4.06. The number of furan rings is 1. The van der Waals surface area contributed by atoms with Crippen LogP contribution in [0.25, 0.3) is 0 Å². The van der Waals surface area contributed by atoms with E-state index in [4.69, 9.17) is 4.42 Å². The van der Waals surface area contributed by atoms with Gasteiger partial charge in [0.25, 0.3) is 0 Å². The highest BCUT2D eigenvalue weighted by Crippen LogP contribution is 2.49. The molecular formula is C24H32N4O3. The van der Waals surface area contributed by atoms with Crippen molar-refractivity contribution in [1.29, 1.82) is 0 Å². The molecule has 2 N–H and O–H groups in total. The zero-order chi connectivity index (χ0) is 21.5. The number of nitrogens with one attached hydrogen (secondary N) is 2. The van der Waals surface area contributed by atoms with Crippen LogP contribution in [0.4, 0.5) is 0 Å². The predicted molar refractivity (Wildman–Crippen MR) is 118 cm³/mol. The smallest absolute Gasteiger partial charge is 0.307 e. The summed E-state index contributed by atoms with van der Waals surface area (Å²) in [5.41, 5.74) is 7.14. The van der Waals surface area contributed by atoms with Crippen molar-refractivity contribution < 1.29 is 14.0 Å². The summed E-state index contributed by atoms with van der Waals surface area (Å²) in [4.78, 5) is 24.8. The second-order valence-electron chi connectivity index (χ2n) is 10.1. The highest BCUT2D eigenvalue weighted by molar-refractivity contribution is 5.97. The van der Waals surface area contributed by atoms with Crippen LogP contribution in [0.2, 0.25) is 0 Å². The van der Waals surface area contributed by atoms with Crippen molar-refractivity contribution in [1.82, 2.24) is 10.9 Å². The Morgan fingerprint density at radius 3 is 1.58 bits per heavy atom. The minimum absolute atomic E-state index is 0.0726. The van der Waals surface area contributed by atoms with E-state index in [-0.39, 0.29) is 11.5 Å². The Morgan fingerprint density at radius 1 is 0.774 bits per heavy atom. The minimum atomic E-state index is -0.441. The molecule has 6 unspecified atom stereocenters. The predicted octanol–water partition coefficient (Wildman–Crippen LogP) is 4.36. The minimum Gasteiger partial charge on any atom is -0.446 e. The summed E-state index contributed by atoms with van der Waals surface area (Å²) in [5.74, 6) is 3.31. The molecule has 2 amide bonds. The SMILES string of the molecule is C/C(=N\NC(=O)c1ccc(C(=O)N/N=C(\C)C2CC3CCC2C3)o1)C1CC2CCC1C2. The quantitative estimate of drug-likeness (QED) is 0.524. The first-order chi connectivity index (χ1) is 15.0. The summed E-state index contributed by atoms with van der Waals surface area (Å²) < 4.78 is 5.46. The number of fused-ring (bicyclic) bond motifs is 4. The van der Waals surface area contributed by atoms with Crippen LogP contribution in [-0.4, -0.2) is 23.2 Å². The maximum atomic E-state index is 12.4. The molecule has 0 aromatic carbocycles. The number of hydrogen-bond donors (Lipinski definition) is 2. The highest BCUT2D eigenvalue weighted by Gasteiger charge is 2.41. The fraction of sp³-hybridized carbons (Fsp3) is 0.667. The van der Waals surface area contributed by atoms with Crippen molar-refractivity contribution >= 4 is 23.2 Å². The summed E-state index contributed by atoms with van der Waals surface area (Å²) in [6.45, 7) is 3.98. The second kappa shape index (κ2) is 8.24. The Hall–Kier alpha value is -2.44. The number of carbonyl (C=O) groups excluding carboxylic acids is 2. The van der Waals surface area contributed by atoms with Crippen LogP contribution in [0.15, 0.2) is 26.8 Å². The molecule has 4 saturated carbocycles. The highest BCUT2D eigenvalue weighted by atomic mass is 16.4. The summed E-state index contributed by atoms with van der Waals surface area (Å²) in [6.07, 6.45) is 10.2. The van der Waals surface area contributed by atoms with Crippen LogP contribution < -0.4 is 10.9 Å². The van der Waals surface area contributed by atoms with Gasteiger partial charge in [0.15, 0.2) is 11.5 Å². The average molecular weight is 425 g/mol. The zero-order valence-electron chi connectivity index (χ0n) is 18.4. The summed E-state index contributed by atoms with van der Waals surface area (Å²) in [7, 11) is 0. The van der Waals surface area contributed by atoms with E-state index in [9.17, 15) is 9.59 Å². The zero-order valence-corrected chi connectivity index (χ0v) is 18.4. The summed E-state index contributed by atoms with van der Waals surface area (Å²) in [5, 5.41) is 8.62. The van der Waals surface area contributed by atoms with Crippen LogP contribution in [-0.2, 0) is 0 Å². The van der Waals surface area contributed by atoms with Crippen molar-refractivity contribution in [3.8, 4) is 0 Å². The molecule has 6 atom stereocenters. The number of rotatable bonds is 6. The number of hydrogen-bond acceptors (Lipinski definition) is 5. The van der Waals surface area contributed by atoms with Gasteiger partial charge in [-0.2, -0.15) is 10.2 Å². The topological polar surface area (TPSA) is 96.1 Å². The van der Waals surface area contributed by atoms with Gasteiger partial charge in [-0.3, -0.25) is 9.59 Å². The number of amides is 2. The first kappa shape index (κ1) is 20.5. The Kier molecular flexibility index (Phi) is 5.44. The molecule has 1 aromatic heterocycles. The second-order valence-corrected chi connectivity index (χ2v) is 10.1. The van der Waals surface area contributed by atoms with Gasteiger partial charge >= 0.3 is 11.8 Å². The molecule has 31 heavy (non-hydrogen) atoms.